The molecular formula is C15H15BrN2O2. The molecule has 0 aliphatic carbocycles. The van der Waals surface area contributed by atoms with Crippen LogP contribution in [-0.2, 0) is 11.2 Å². The van der Waals surface area contributed by atoms with Crippen LogP contribution in [0, 0.1) is 0 Å². The van der Waals surface area contributed by atoms with Gasteiger partial charge in [-0.25, -0.2) is 9.78 Å². The van der Waals surface area contributed by atoms with Gasteiger partial charge in [0.15, 0.2) is 0 Å². The van der Waals surface area contributed by atoms with Crippen LogP contribution in [0.1, 0.15) is 15.9 Å². The second-order valence-corrected chi connectivity index (χ2v) is 5.12. The number of carbonyl (C=O) groups is 1. The Labute approximate surface area is 126 Å². The normalized spacial score (nSPS) is 10.1. The number of hydrogen-bond donors (Lipinski definition) is 1. The first-order valence-corrected chi connectivity index (χ1v) is 7.01. The van der Waals surface area contributed by atoms with Crippen molar-refractivity contribution in [2.75, 3.05) is 19.0 Å². The number of hydrogen-bond acceptors (Lipinski definition) is 4. The van der Waals surface area contributed by atoms with Gasteiger partial charge in [0.05, 0.1) is 7.11 Å². The molecule has 0 atom stereocenters. The van der Waals surface area contributed by atoms with Crippen molar-refractivity contribution in [2.24, 2.45) is 0 Å². The van der Waals surface area contributed by atoms with Gasteiger partial charge in [-0.2, -0.15) is 0 Å². The second-order valence-electron chi connectivity index (χ2n) is 4.20. The van der Waals surface area contributed by atoms with Gasteiger partial charge in [-0.05, 0) is 34.0 Å². The van der Waals surface area contributed by atoms with Crippen molar-refractivity contribution in [2.45, 2.75) is 6.42 Å². The molecule has 0 aliphatic heterocycles. The van der Waals surface area contributed by atoms with E-state index < -0.39 is 5.97 Å². The maximum absolute atomic E-state index is 11.7. The van der Waals surface area contributed by atoms with E-state index in [1.165, 1.54) is 12.7 Å². The van der Waals surface area contributed by atoms with E-state index in [2.05, 4.69) is 38.4 Å². The number of carbonyl (C=O) groups excluding carboxylic acids is 1. The molecule has 1 N–H and O–H groups in total. The van der Waals surface area contributed by atoms with Gasteiger partial charge in [0.2, 0.25) is 0 Å². The number of nitrogens with one attached hydrogen (secondary N) is 1. The number of esters is 1. The SMILES string of the molecule is COC(=O)c1cc(Br)cnc1NCCc1ccccc1. The molecule has 20 heavy (non-hydrogen) atoms. The molecule has 0 bridgehead atoms. The predicted molar refractivity (Wildman–Crippen MR) is 81.9 cm³/mol. The Hall–Kier alpha value is -1.88. The quantitative estimate of drug-likeness (QED) is 0.852. The zero-order chi connectivity index (χ0) is 14.4. The van der Waals surface area contributed by atoms with Crippen molar-refractivity contribution in [3.8, 4) is 0 Å². The van der Waals surface area contributed by atoms with Gasteiger partial charge in [0, 0.05) is 17.2 Å². The highest BCUT2D eigenvalue weighted by Crippen LogP contribution is 2.19. The van der Waals surface area contributed by atoms with Crippen LogP contribution in [-0.4, -0.2) is 24.6 Å². The molecular weight excluding hydrogens is 320 g/mol. The number of aromatic nitrogens is 1. The lowest BCUT2D eigenvalue weighted by Crippen LogP contribution is -2.12. The predicted octanol–water partition coefficient (Wildman–Crippen LogP) is 3.29. The van der Waals surface area contributed by atoms with Crippen molar-refractivity contribution < 1.29 is 9.53 Å². The zero-order valence-corrected chi connectivity index (χ0v) is 12.7. The topological polar surface area (TPSA) is 51.2 Å². The van der Waals surface area contributed by atoms with E-state index in [9.17, 15) is 4.79 Å². The first-order valence-electron chi connectivity index (χ1n) is 6.22. The number of halogens is 1. The maximum Gasteiger partial charge on any atom is 0.341 e. The Morgan fingerprint density at radius 2 is 2.10 bits per heavy atom. The summed E-state index contributed by atoms with van der Waals surface area (Å²) >= 11 is 3.30. The molecule has 0 aliphatic rings. The number of benzene rings is 1. The van der Waals surface area contributed by atoms with Gasteiger partial charge in [0.25, 0.3) is 0 Å². The lowest BCUT2D eigenvalue weighted by atomic mass is 10.1. The Morgan fingerprint density at radius 1 is 1.35 bits per heavy atom. The van der Waals surface area contributed by atoms with Crippen molar-refractivity contribution in [1.82, 2.24) is 4.98 Å². The van der Waals surface area contributed by atoms with Gasteiger partial charge in [-0.1, -0.05) is 30.3 Å². The van der Waals surface area contributed by atoms with E-state index in [0.29, 0.717) is 17.9 Å². The van der Waals surface area contributed by atoms with E-state index in [0.717, 1.165) is 10.9 Å². The molecule has 2 rings (SSSR count). The van der Waals surface area contributed by atoms with Crippen LogP contribution in [0.2, 0.25) is 0 Å². The molecule has 1 aromatic carbocycles. The number of methoxy groups -OCH3 is 1. The highest BCUT2D eigenvalue weighted by molar-refractivity contribution is 9.10. The van der Waals surface area contributed by atoms with Crippen LogP contribution in [0.5, 0.6) is 0 Å². The molecule has 1 heterocycles. The number of rotatable bonds is 5. The first-order chi connectivity index (χ1) is 9.70. The smallest absolute Gasteiger partial charge is 0.341 e. The van der Waals surface area contributed by atoms with Gasteiger partial charge >= 0.3 is 5.97 Å². The molecule has 5 heteroatoms. The summed E-state index contributed by atoms with van der Waals surface area (Å²) in [4.78, 5) is 15.9. The minimum atomic E-state index is -0.402. The lowest BCUT2D eigenvalue weighted by molar-refractivity contribution is 0.0601. The van der Waals surface area contributed by atoms with Gasteiger partial charge in [-0.15, -0.1) is 0 Å². The summed E-state index contributed by atoms with van der Waals surface area (Å²) in [5.41, 5.74) is 1.66. The van der Waals surface area contributed by atoms with Crippen LogP contribution in [0.15, 0.2) is 47.1 Å². The summed E-state index contributed by atoms with van der Waals surface area (Å²) in [5, 5.41) is 3.17. The number of nitrogens with zero attached hydrogens (tertiary/aromatic N) is 1. The average Bonchev–Trinajstić information content (AvgIpc) is 2.49. The molecule has 0 fully saturated rings. The summed E-state index contributed by atoms with van der Waals surface area (Å²) < 4.78 is 5.50. The van der Waals surface area contributed by atoms with Crippen LogP contribution in [0.4, 0.5) is 5.82 Å². The summed E-state index contributed by atoms with van der Waals surface area (Å²) in [6.07, 6.45) is 2.51. The fourth-order valence-electron chi connectivity index (χ4n) is 1.82. The van der Waals surface area contributed by atoms with Crippen LogP contribution >= 0.6 is 15.9 Å². The summed E-state index contributed by atoms with van der Waals surface area (Å²) in [6, 6.07) is 11.8. The van der Waals surface area contributed by atoms with Crippen LogP contribution in [0.3, 0.4) is 0 Å². The summed E-state index contributed by atoms with van der Waals surface area (Å²) in [6.45, 7) is 0.697. The van der Waals surface area contributed by atoms with Gasteiger partial charge in [0.1, 0.15) is 11.4 Å². The van der Waals surface area contributed by atoms with Crippen LogP contribution < -0.4 is 5.32 Å². The molecule has 0 radical (unpaired) electrons. The third kappa shape index (κ3) is 3.81. The average molecular weight is 335 g/mol. The highest BCUT2D eigenvalue weighted by atomic mass is 79.9. The van der Waals surface area contributed by atoms with Gasteiger partial charge in [-0.3, -0.25) is 0 Å². The summed E-state index contributed by atoms with van der Waals surface area (Å²) in [7, 11) is 1.36. The molecule has 104 valence electrons. The lowest BCUT2D eigenvalue weighted by Gasteiger charge is -2.10. The minimum Gasteiger partial charge on any atom is -0.465 e. The number of ether oxygens (including phenoxy) is 1. The summed E-state index contributed by atoms with van der Waals surface area (Å²) in [5.74, 6) is 0.136. The molecule has 0 unspecified atom stereocenters. The molecule has 0 amide bonds. The van der Waals surface area contributed by atoms with E-state index in [1.807, 2.05) is 18.2 Å². The highest BCUT2D eigenvalue weighted by Gasteiger charge is 2.13. The molecule has 2 aromatic rings. The Balaban J connectivity index is 2.04. The fourth-order valence-corrected chi connectivity index (χ4v) is 2.15. The van der Waals surface area contributed by atoms with Gasteiger partial charge < -0.3 is 10.1 Å². The van der Waals surface area contributed by atoms with E-state index in [1.54, 1.807) is 12.3 Å². The van der Waals surface area contributed by atoms with Crippen molar-refractivity contribution in [3.05, 3.63) is 58.2 Å². The number of pyridine rings is 1. The van der Waals surface area contributed by atoms with E-state index in [4.69, 9.17) is 4.74 Å². The zero-order valence-electron chi connectivity index (χ0n) is 11.1. The first kappa shape index (κ1) is 14.5. The number of anilines is 1. The van der Waals surface area contributed by atoms with E-state index in [-0.39, 0.29) is 0 Å². The third-order valence-corrected chi connectivity index (χ3v) is 3.24. The molecule has 4 nitrogen and oxygen atoms in total. The minimum absolute atomic E-state index is 0.402. The molecule has 0 saturated heterocycles. The Kier molecular flexibility index (Phi) is 5.12. The van der Waals surface area contributed by atoms with Crippen molar-refractivity contribution in [3.63, 3.8) is 0 Å². The van der Waals surface area contributed by atoms with Crippen molar-refractivity contribution in [1.29, 1.82) is 0 Å². The largest absolute Gasteiger partial charge is 0.465 e. The third-order valence-electron chi connectivity index (χ3n) is 2.81. The molecule has 0 saturated carbocycles. The fraction of sp³-hybridized carbons (Fsp3) is 0.200. The van der Waals surface area contributed by atoms with Crippen LogP contribution in [0.25, 0.3) is 0 Å². The maximum atomic E-state index is 11.7. The second kappa shape index (κ2) is 7.05. The van der Waals surface area contributed by atoms with E-state index >= 15 is 0 Å². The monoisotopic (exact) mass is 334 g/mol. The standard InChI is InChI=1S/C15H15BrN2O2/c1-20-15(19)13-9-12(16)10-18-14(13)17-8-7-11-5-3-2-4-6-11/h2-6,9-10H,7-8H2,1H3,(H,17,18). The Bertz CT molecular complexity index is 588. The molecule has 1 aromatic heterocycles. The van der Waals surface area contributed by atoms with Crippen molar-refractivity contribution >= 4 is 27.7 Å². The molecule has 0 spiro atoms. The Morgan fingerprint density at radius 3 is 2.80 bits per heavy atom.